The largest absolute Gasteiger partial charge is 0.324 e. The Morgan fingerprint density at radius 2 is 2.10 bits per heavy atom. The van der Waals surface area contributed by atoms with E-state index in [1.807, 2.05) is 18.2 Å². The number of benzene rings is 1. The van der Waals surface area contributed by atoms with Crippen molar-refractivity contribution in [2.24, 2.45) is 5.73 Å². The Morgan fingerprint density at radius 3 is 2.86 bits per heavy atom. The number of nitrogens with two attached hydrogens (primary N) is 1. The number of hydrogen-bond donors (Lipinski definition) is 1. The molecule has 1 aliphatic carbocycles. The Hall–Kier alpha value is -0.590. The summed E-state index contributed by atoms with van der Waals surface area (Å²) in [5.41, 5.74) is 8.50. The van der Waals surface area contributed by atoms with Gasteiger partial charge in [-0.2, -0.15) is 5.10 Å². The molecule has 3 nitrogen and oxygen atoms in total. The average Bonchev–Trinajstić information content (AvgIpc) is 3.11. The Bertz CT molecular complexity index is 620. The van der Waals surface area contributed by atoms with E-state index in [2.05, 4.69) is 39.5 Å². The van der Waals surface area contributed by atoms with Crippen LogP contribution in [0.15, 0.2) is 30.5 Å². The molecule has 0 radical (unpaired) electrons. The summed E-state index contributed by atoms with van der Waals surface area (Å²) in [6.07, 6.45) is 7.98. The molecule has 1 aliphatic rings. The molecule has 1 aromatic heterocycles. The van der Waals surface area contributed by atoms with Crippen LogP contribution in [-0.2, 0) is 6.42 Å². The predicted octanol–water partition coefficient (Wildman–Crippen LogP) is 4.50. The van der Waals surface area contributed by atoms with Gasteiger partial charge < -0.3 is 5.73 Å². The van der Waals surface area contributed by atoms with Crippen molar-refractivity contribution in [3.63, 3.8) is 0 Å². The minimum absolute atomic E-state index is 0.0671. The van der Waals surface area contributed by atoms with Crippen molar-refractivity contribution in [2.75, 3.05) is 0 Å². The fourth-order valence-corrected chi connectivity index (χ4v) is 3.91. The van der Waals surface area contributed by atoms with E-state index in [-0.39, 0.29) is 6.04 Å². The zero-order chi connectivity index (χ0) is 14.8. The van der Waals surface area contributed by atoms with Crippen molar-refractivity contribution in [2.45, 2.75) is 44.2 Å². The van der Waals surface area contributed by atoms with Crippen LogP contribution < -0.4 is 5.73 Å². The SMILES string of the molecule is NC(Cc1ccn(C2CCCC2)n1)c1cc(Cl)ccc1I. The Balaban J connectivity index is 1.72. The van der Waals surface area contributed by atoms with Crippen molar-refractivity contribution in [1.82, 2.24) is 9.78 Å². The predicted molar refractivity (Wildman–Crippen MR) is 94.5 cm³/mol. The lowest BCUT2D eigenvalue weighted by Gasteiger charge is -2.13. The molecule has 0 bridgehead atoms. The molecule has 1 atom stereocenters. The summed E-state index contributed by atoms with van der Waals surface area (Å²) in [4.78, 5) is 0. The van der Waals surface area contributed by atoms with Gasteiger partial charge in [0.2, 0.25) is 0 Å². The molecule has 0 saturated heterocycles. The van der Waals surface area contributed by atoms with Gasteiger partial charge in [-0.05, 0) is 65.3 Å². The molecule has 1 unspecified atom stereocenters. The first kappa shape index (κ1) is 15.3. The van der Waals surface area contributed by atoms with Crippen LogP contribution in [0.4, 0.5) is 0 Å². The lowest BCUT2D eigenvalue weighted by Crippen LogP contribution is -2.15. The van der Waals surface area contributed by atoms with Gasteiger partial charge in [0.1, 0.15) is 0 Å². The lowest BCUT2D eigenvalue weighted by atomic mass is 10.0. The summed E-state index contributed by atoms with van der Waals surface area (Å²) < 4.78 is 3.28. The Labute approximate surface area is 144 Å². The first-order chi connectivity index (χ1) is 10.1. The fourth-order valence-electron chi connectivity index (χ4n) is 2.99. The van der Waals surface area contributed by atoms with E-state index in [9.17, 15) is 0 Å². The van der Waals surface area contributed by atoms with E-state index >= 15 is 0 Å². The first-order valence-corrected chi connectivity index (χ1v) is 8.84. The zero-order valence-electron chi connectivity index (χ0n) is 11.8. The average molecular weight is 416 g/mol. The van der Waals surface area contributed by atoms with Crippen molar-refractivity contribution in [3.8, 4) is 0 Å². The van der Waals surface area contributed by atoms with Gasteiger partial charge in [0.15, 0.2) is 0 Å². The molecule has 1 aromatic carbocycles. The highest BCUT2D eigenvalue weighted by Crippen LogP contribution is 2.29. The zero-order valence-corrected chi connectivity index (χ0v) is 14.7. The topological polar surface area (TPSA) is 43.8 Å². The molecule has 0 spiro atoms. The van der Waals surface area contributed by atoms with Crippen molar-refractivity contribution in [3.05, 3.63) is 50.3 Å². The molecule has 2 N–H and O–H groups in total. The van der Waals surface area contributed by atoms with Gasteiger partial charge in [0.25, 0.3) is 0 Å². The summed E-state index contributed by atoms with van der Waals surface area (Å²) >= 11 is 8.38. The van der Waals surface area contributed by atoms with E-state index in [0.29, 0.717) is 6.04 Å². The number of aromatic nitrogens is 2. The third kappa shape index (κ3) is 3.60. The van der Waals surface area contributed by atoms with E-state index in [0.717, 1.165) is 26.3 Å². The maximum Gasteiger partial charge on any atom is 0.0643 e. The van der Waals surface area contributed by atoms with Crippen LogP contribution in [0.5, 0.6) is 0 Å². The normalized spacial score (nSPS) is 17.3. The number of halogens is 2. The fraction of sp³-hybridized carbons (Fsp3) is 0.438. The second kappa shape index (κ2) is 6.67. The molecular weight excluding hydrogens is 397 g/mol. The van der Waals surface area contributed by atoms with Gasteiger partial charge in [0.05, 0.1) is 11.7 Å². The monoisotopic (exact) mass is 415 g/mol. The number of nitrogens with zero attached hydrogens (tertiary/aromatic N) is 2. The van der Waals surface area contributed by atoms with Crippen LogP contribution in [0.2, 0.25) is 5.02 Å². The lowest BCUT2D eigenvalue weighted by molar-refractivity contribution is 0.461. The van der Waals surface area contributed by atoms with E-state index in [4.69, 9.17) is 22.4 Å². The quantitative estimate of drug-likeness (QED) is 0.747. The van der Waals surface area contributed by atoms with Gasteiger partial charge in [-0.15, -0.1) is 0 Å². The van der Waals surface area contributed by atoms with Crippen LogP contribution in [0.1, 0.15) is 49.0 Å². The third-order valence-corrected chi connectivity index (χ3v) is 5.37. The summed E-state index contributed by atoms with van der Waals surface area (Å²) in [7, 11) is 0. The molecule has 5 heteroatoms. The summed E-state index contributed by atoms with van der Waals surface area (Å²) in [5, 5.41) is 5.44. The van der Waals surface area contributed by atoms with E-state index in [1.54, 1.807) is 0 Å². The van der Waals surface area contributed by atoms with Crippen LogP contribution >= 0.6 is 34.2 Å². The summed E-state index contributed by atoms with van der Waals surface area (Å²) in [5.74, 6) is 0. The van der Waals surface area contributed by atoms with Gasteiger partial charge in [-0.25, -0.2) is 0 Å². The third-order valence-electron chi connectivity index (χ3n) is 4.15. The van der Waals surface area contributed by atoms with Gasteiger partial charge in [-0.1, -0.05) is 24.4 Å². The van der Waals surface area contributed by atoms with Crippen molar-refractivity contribution >= 4 is 34.2 Å². The molecule has 3 rings (SSSR count). The number of hydrogen-bond acceptors (Lipinski definition) is 2. The summed E-state index contributed by atoms with van der Waals surface area (Å²) in [6, 6.07) is 8.48. The minimum atomic E-state index is -0.0671. The van der Waals surface area contributed by atoms with Gasteiger partial charge >= 0.3 is 0 Å². The van der Waals surface area contributed by atoms with Crippen LogP contribution in [0.25, 0.3) is 0 Å². The molecule has 1 saturated carbocycles. The Kier molecular flexibility index (Phi) is 4.86. The summed E-state index contributed by atoms with van der Waals surface area (Å²) in [6.45, 7) is 0. The molecule has 112 valence electrons. The number of rotatable bonds is 4. The van der Waals surface area contributed by atoms with Gasteiger partial charge in [-0.3, -0.25) is 4.68 Å². The van der Waals surface area contributed by atoms with E-state index < -0.39 is 0 Å². The molecule has 1 heterocycles. The maximum absolute atomic E-state index is 6.35. The van der Waals surface area contributed by atoms with Crippen molar-refractivity contribution in [1.29, 1.82) is 0 Å². The minimum Gasteiger partial charge on any atom is -0.324 e. The molecule has 2 aromatic rings. The van der Waals surface area contributed by atoms with Crippen LogP contribution in [-0.4, -0.2) is 9.78 Å². The standard InChI is InChI=1S/C16H19ClIN3/c17-11-5-6-15(18)14(9-11)16(19)10-12-7-8-21(20-12)13-3-1-2-4-13/h5-9,13,16H,1-4,10,19H2. The van der Waals surface area contributed by atoms with Crippen LogP contribution in [0, 0.1) is 3.57 Å². The molecule has 21 heavy (non-hydrogen) atoms. The highest BCUT2D eigenvalue weighted by atomic mass is 127. The molecule has 0 amide bonds. The molecule has 1 fully saturated rings. The molecule has 0 aliphatic heterocycles. The highest BCUT2D eigenvalue weighted by Gasteiger charge is 2.18. The smallest absolute Gasteiger partial charge is 0.0643 e. The van der Waals surface area contributed by atoms with Crippen LogP contribution in [0.3, 0.4) is 0 Å². The first-order valence-electron chi connectivity index (χ1n) is 7.38. The second-order valence-electron chi connectivity index (χ2n) is 5.70. The highest BCUT2D eigenvalue weighted by molar-refractivity contribution is 14.1. The maximum atomic E-state index is 6.35. The van der Waals surface area contributed by atoms with Gasteiger partial charge in [0, 0.05) is 27.3 Å². The van der Waals surface area contributed by atoms with E-state index in [1.165, 1.54) is 25.7 Å². The second-order valence-corrected chi connectivity index (χ2v) is 7.30. The Morgan fingerprint density at radius 1 is 1.33 bits per heavy atom. The molecular formula is C16H19ClIN3. The van der Waals surface area contributed by atoms with Crippen molar-refractivity contribution < 1.29 is 0 Å².